The van der Waals surface area contributed by atoms with E-state index in [0.29, 0.717) is 25.7 Å². The first kappa shape index (κ1) is 89.1. The highest BCUT2D eigenvalue weighted by Crippen LogP contribution is 2.45. The molecule has 0 saturated heterocycles. The van der Waals surface area contributed by atoms with E-state index < -0.39 is 97.5 Å². The molecule has 0 aromatic carbocycles. The number of hydrogen-bond acceptors (Lipinski definition) is 15. The Bertz CT molecular complexity index is 1770. The van der Waals surface area contributed by atoms with Crippen LogP contribution in [0.4, 0.5) is 0 Å². The largest absolute Gasteiger partial charge is 0.472 e. The van der Waals surface area contributed by atoms with Crippen molar-refractivity contribution in [2.75, 3.05) is 39.6 Å². The molecule has 0 fully saturated rings. The summed E-state index contributed by atoms with van der Waals surface area (Å²) in [6.45, 7) is 9.56. The third kappa shape index (κ3) is 65.1. The number of esters is 4. The number of carbonyl (C=O) groups excluding carboxylic acids is 4. The molecule has 540 valence electrons. The number of ether oxygens (including phenoxy) is 4. The van der Waals surface area contributed by atoms with Crippen molar-refractivity contribution in [1.29, 1.82) is 0 Å². The van der Waals surface area contributed by atoms with Crippen LogP contribution in [-0.2, 0) is 65.4 Å². The molecule has 3 unspecified atom stereocenters. The number of rotatable bonds is 71. The van der Waals surface area contributed by atoms with E-state index in [1.165, 1.54) is 173 Å². The van der Waals surface area contributed by atoms with E-state index >= 15 is 0 Å². The zero-order chi connectivity index (χ0) is 67.2. The van der Waals surface area contributed by atoms with Crippen molar-refractivity contribution in [2.45, 2.75) is 387 Å². The summed E-state index contributed by atoms with van der Waals surface area (Å²) in [5.74, 6) is -0.544. The van der Waals surface area contributed by atoms with Crippen LogP contribution in [0.1, 0.15) is 369 Å². The number of phosphoric acid groups is 2. The average molecular weight is 1340 g/mol. The molecule has 0 bridgehead atoms. The van der Waals surface area contributed by atoms with Crippen LogP contribution in [0.3, 0.4) is 0 Å². The van der Waals surface area contributed by atoms with Crippen molar-refractivity contribution in [3.8, 4) is 0 Å². The van der Waals surface area contributed by atoms with Gasteiger partial charge in [0.05, 0.1) is 26.4 Å². The van der Waals surface area contributed by atoms with Gasteiger partial charge in [0.2, 0.25) is 0 Å². The standard InChI is InChI=1S/C72H140O17P2/c1-7-10-12-14-16-17-18-19-20-21-25-31-37-43-49-55-70(75)83-61-68(89-71(76)56-50-44-38-32-26-23-22-24-29-35-40-46-52-64(4)5)63-87-91(80,81)85-59-66(73)58-84-90(78,79)86-62-67(60-82-69(74)54-48-42-34-15-13-11-8-2)88-72(77)57-51-45-39-33-28-27-30-36-41-47-53-65(6)9-3/h64-68,73H,7-63H2,1-6H3,(H,78,79)(H,80,81)/t65?,66-,67+,68+/m0/s1. The van der Waals surface area contributed by atoms with Crippen LogP contribution in [0.25, 0.3) is 0 Å². The van der Waals surface area contributed by atoms with Gasteiger partial charge in [0, 0.05) is 25.7 Å². The maximum Gasteiger partial charge on any atom is 0.472 e. The highest BCUT2D eigenvalue weighted by atomic mass is 31.2. The molecule has 0 saturated carbocycles. The van der Waals surface area contributed by atoms with Gasteiger partial charge in [0.1, 0.15) is 19.3 Å². The molecular formula is C72H140O17P2. The number of aliphatic hydroxyl groups excluding tert-OH is 1. The molecule has 3 N–H and O–H groups in total. The highest BCUT2D eigenvalue weighted by Gasteiger charge is 2.30. The summed E-state index contributed by atoms with van der Waals surface area (Å²) >= 11 is 0. The predicted octanol–water partition coefficient (Wildman–Crippen LogP) is 20.8. The fraction of sp³-hybridized carbons (Fsp3) is 0.944. The molecule has 6 atom stereocenters. The van der Waals surface area contributed by atoms with Gasteiger partial charge in [-0.25, -0.2) is 9.13 Å². The summed E-state index contributed by atoms with van der Waals surface area (Å²) in [4.78, 5) is 72.5. The molecule has 0 aliphatic heterocycles. The molecule has 0 spiro atoms. The summed E-state index contributed by atoms with van der Waals surface area (Å²) in [7, 11) is -9.90. The molecule has 91 heavy (non-hydrogen) atoms. The summed E-state index contributed by atoms with van der Waals surface area (Å²) in [5.41, 5.74) is 0. The van der Waals surface area contributed by atoms with Gasteiger partial charge in [0.15, 0.2) is 12.2 Å². The summed E-state index contributed by atoms with van der Waals surface area (Å²) in [6, 6.07) is 0. The Morgan fingerprint density at radius 3 is 0.835 bits per heavy atom. The van der Waals surface area contributed by atoms with E-state index in [0.717, 1.165) is 115 Å². The van der Waals surface area contributed by atoms with Crippen LogP contribution in [0.5, 0.6) is 0 Å². The second kappa shape index (κ2) is 64.1. The van der Waals surface area contributed by atoms with Gasteiger partial charge >= 0.3 is 39.5 Å². The Morgan fingerprint density at radius 1 is 0.319 bits per heavy atom. The van der Waals surface area contributed by atoms with Crippen LogP contribution >= 0.6 is 15.6 Å². The highest BCUT2D eigenvalue weighted by molar-refractivity contribution is 7.47. The van der Waals surface area contributed by atoms with Crippen LogP contribution in [-0.4, -0.2) is 96.7 Å². The van der Waals surface area contributed by atoms with E-state index in [4.69, 9.17) is 37.0 Å². The average Bonchev–Trinajstić information content (AvgIpc) is 2.86. The third-order valence-corrected chi connectivity index (χ3v) is 19.0. The quantitative estimate of drug-likeness (QED) is 0.0222. The zero-order valence-corrected chi connectivity index (χ0v) is 60.9. The molecule has 0 aromatic heterocycles. The maximum atomic E-state index is 13.0. The van der Waals surface area contributed by atoms with Gasteiger partial charge in [-0.05, 0) is 37.5 Å². The maximum absolute atomic E-state index is 13.0. The number of phosphoric ester groups is 2. The minimum atomic E-state index is -4.95. The minimum Gasteiger partial charge on any atom is -0.462 e. The molecule has 17 nitrogen and oxygen atoms in total. The van der Waals surface area contributed by atoms with Crippen LogP contribution in [0.15, 0.2) is 0 Å². The molecule has 0 rings (SSSR count). The minimum absolute atomic E-state index is 0.106. The Kier molecular flexibility index (Phi) is 62.7. The lowest BCUT2D eigenvalue weighted by Gasteiger charge is -2.21. The van der Waals surface area contributed by atoms with Crippen LogP contribution in [0, 0.1) is 11.8 Å². The summed E-state index contributed by atoms with van der Waals surface area (Å²) in [5, 5.41) is 10.6. The second-order valence-corrected chi connectivity index (χ2v) is 29.6. The van der Waals surface area contributed by atoms with E-state index in [9.17, 15) is 43.2 Å². The van der Waals surface area contributed by atoms with Crippen molar-refractivity contribution >= 4 is 39.5 Å². The first-order chi connectivity index (χ1) is 43.9. The first-order valence-electron chi connectivity index (χ1n) is 37.5. The van der Waals surface area contributed by atoms with E-state index in [-0.39, 0.29) is 25.7 Å². The Morgan fingerprint density at radius 2 is 0.560 bits per heavy atom. The number of carbonyl (C=O) groups is 4. The fourth-order valence-electron chi connectivity index (χ4n) is 10.9. The SMILES string of the molecule is CCCCCCCCCCCCCCCCCC(=O)OC[C@H](COP(=O)(O)OC[C@@H](O)COP(=O)(O)OC[C@@H](COC(=O)CCCCCCCCC)OC(=O)CCCCCCCCCCCCC(C)CC)OC(=O)CCCCCCCCCCCCCCC(C)C. The lowest BCUT2D eigenvalue weighted by atomic mass is 9.99. The van der Waals surface area contributed by atoms with Gasteiger partial charge in [-0.15, -0.1) is 0 Å². The number of aliphatic hydroxyl groups is 1. The molecule has 0 aliphatic rings. The van der Waals surface area contributed by atoms with Gasteiger partial charge in [-0.2, -0.15) is 0 Å². The molecule has 19 heteroatoms. The zero-order valence-electron chi connectivity index (χ0n) is 59.1. The van der Waals surface area contributed by atoms with Crippen molar-refractivity contribution < 1.29 is 80.2 Å². The first-order valence-corrected chi connectivity index (χ1v) is 40.5. The third-order valence-electron chi connectivity index (χ3n) is 17.1. The molecule has 0 aliphatic carbocycles. The lowest BCUT2D eigenvalue weighted by Crippen LogP contribution is -2.30. The van der Waals surface area contributed by atoms with Crippen LogP contribution in [0.2, 0.25) is 0 Å². The summed E-state index contributed by atoms with van der Waals surface area (Å²) in [6.07, 6.45) is 49.9. The molecule has 0 heterocycles. The smallest absolute Gasteiger partial charge is 0.462 e. The van der Waals surface area contributed by atoms with Gasteiger partial charge in [-0.3, -0.25) is 37.3 Å². The molecule has 0 amide bonds. The summed E-state index contributed by atoms with van der Waals surface area (Å²) < 4.78 is 68.3. The Hall–Kier alpha value is -1.94. The normalized spacial score (nSPS) is 14.4. The molecular weight excluding hydrogens is 1200 g/mol. The topological polar surface area (TPSA) is 237 Å². The lowest BCUT2D eigenvalue weighted by molar-refractivity contribution is -0.161. The Labute approximate surface area is 556 Å². The molecule has 0 radical (unpaired) electrons. The number of unbranched alkanes of at least 4 members (excludes halogenated alkanes) is 40. The van der Waals surface area contributed by atoms with Crippen molar-refractivity contribution in [3.05, 3.63) is 0 Å². The van der Waals surface area contributed by atoms with Crippen molar-refractivity contribution in [2.24, 2.45) is 11.8 Å². The Balaban J connectivity index is 5.21. The van der Waals surface area contributed by atoms with Crippen molar-refractivity contribution in [1.82, 2.24) is 0 Å². The molecule has 0 aromatic rings. The van der Waals surface area contributed by atoms with Crippen LogP contribution < -0.4 is 0 Å². The fourth-order valence-corrected chi connectivity index (χ4v) is 12.5. The van der Waals surface area contributed by atoms with E-state index in [2.05, 4.69) is 41.5 Å². The van der Waals surface area contributed by atoms with Gasteiger partial charge < -0.3 is 33.8 Å². The van der Waals surface area contributed by atoms with Gasteiger partial charge in [0.25, 0.3) is 0 Å². The predicted molar refractivity (Wildman–Crippen MR) is 368 cm³/mol. The van der Waals surface area contributed by atoms with Gasteiger partial charge in [-0.1, -0.05) is 318 Å². The van der Waals surface area contributed by atoms with E-state index in [1.54, 1.807) is 0 Å². The van der Waals surface area contributed by atoms with E-state index in [1.807, 2.05) is 0 Å². The second-order valence-electron chi connectivity index (χ2n) is 26.7. The van der Waals surface area contributed by atoms with Crippen molar-refractivity contribution in [3.63, 3.8) is 0 Å². The monoisotopic (exact) mass is 1340 g/mol. The number of hydrogen-bond donors (Lipinski definition) is 3.